The predicted molar refractivity (Wildman–Crippen MR) is 86.1 cm³/mol. The smallest absolute Gasteiger partial charge is 0.236 e. The summed E-state index contributed by atoms with van der Waals surface area (Å²) in [4.78, 5) is 30.7. The van der Waals surface area contributed by atoms with Crippen LogP contribution in [0.2, 0.25) is 0 Å². The van der Waals surface area contributed by atoms with E-state index in [4.69, 9.17) is 4.74 Å². The van der Waals surface area contributed by atoms with Gasteiger partial charge in [0.1, 0.15) is 0 Å². The van der Waals surface area contributed by atoms with Gasteiger partial charge in [-0.05, 0) is 19.9 Å². The summed E-state index contributed by atoms with van der Waals surface area (Å²) in [6.07, 6.45) is 2.41. The van der Waals surface area contributed by atoms with Crippen LogP contribution in [0.5, 0.6) is 0 Å². The SMILES string of the molecule is CN1CCN(CC(=O)N2CCOCC2)C[C@]12CCNC(=O)CC2. The summed E-state index contributed by atoms with van der Waals surface area (Å²) in [5, 5.41) is 2.97. The first-order valence-corrected chi connectivity index (χ1v) is 8.65. The zero-order chi connectivity index (χ0) is 16.3. The van der Waals surface area contributed by atoms with E-state index in [0.717, 1.165) is 39.0 Å². The van der Waals surface area contributed by atoms with Crippen LogP contribution in [0.1, 0.15) is 19.3 Å². The molecular weight excluding hydrogens is 296 g/mol. The third-order valence-corrected chi connectivity index (χ3v) is 5.53. The summed E-state index contributed by atoms with van der Waals surface area (Å²) in [5.41, 5.74) is 0.0166. The van der Waals surface area contributed by atoms with E-state index in [0.29, 0.717) is 39.3 Å². The zero-order valence-electron chi connectivity index (χ0n) is 14.1. The largest absolute Gasteiger partial charge is 0.378 e. The van der Waals surface area contributed by atoms with Crippen LogP contribution in [0.4, 0.5) is 0 Å². The van der Waals surface area contributed by atoms with Crippen molar-refractivity contribution in [3.63, 3.8) is 0 Å². The Morgan fingerprint density at radius 1 is 1.22 bits per heavy atom. The molecule has 3 saturated heterocycles. The van der Waals surface area contributed by atoms with E-state index in [1.165, 1.54) is 0 Å². The van der Waals surface area contributed by atoms with Crippen molar-refractivity contribution in [3.8, 4) is 0 Å². The number of hydrogen-bond acceptors (Lipinski definition) is 5. The first-order chi connectivity index (χ1) is 11.1. The van der Waals surface area contributed by atoms with Gasteiger partial charge in [-0.25, -0.2) is 0 Å². The van der Waals surface area contributed by atoms with E-state index < -0.39 is 0 Å². The minimum Gasteiger partial charge on any atom is -0.378 e. The first kappa shape index (κ1) is 16.7. The van der Waals surface area contributed by atoms with Crippen molar-refractivity contribution in [2.75, 3.05) is 66.1 Å². The molecule has 1 atom stereocenters. The normalized spacial score (nSPS) is 31.0. The molecule has 7 heteroatoms. The van der Waals surface area contributed by atoms with E-state index in [-0.39, 0.29) is 17.4 Å². The molecule has 0 radical (unpaired) electrons. The molecule has 3 aliphatic heterocycles. The van der Waals surface area contributed by atoms with Gasteiger partial charge in [-0.15, -0.1) is 0 Å². The molecule has 3 rings (SSSR count). The molecule has 3 fully saturated rings. The van der Waals surface area contributed by atoms with Crippen molar-refractivity contribution < 1.29 is 14.3 Å². The lowest BCUT2D eigenvalue weighted by Crippen LogP contribution is -2.62. The number of ether oxygens (including phenoxy) is 1. The Morgan fingerprint density at radius 2 is 2.00 bits per heavy atom. The number of rotatable bonds is 2. The summed E-state index contributed by atoms with van der Waals surface area (Å²) in [6, 6.07) is 0. The van der Waals surface area contributed by atoms with Crippen LogP contribution in [-0.2, 0) is 14.3 Å². The third kappa shape index (κ3) is 3.84. The average molecular weight is 324 g/mol. The molecule has 0 saturated carbocycles. The molecule has 23 heavy (non-hydrogen) atoms. The fourth-order valence-corrected chi connectivity index (χ4v) is 3.92. The van der Waals surface area contributed by atoms with Gasteiger partial charge in [0, 0.05) is 51.2 Å². The molecule has 0 unspecified atom stereocenters. The highest BCUT2D eigenvalue weighted by molar-refractivity contribution is 5.78. The van der Waals surface area contributed by atoms with Crippen LogP contribution in [-0.4, -0.2) is 98.1 Å². The monoisotopic (exact) mass is 324 g/mol. The quantitative estimate of drug-likeness (QED) is 0.715. The van der Waals surface area contributed by atoms with Gasteiger partial charge in [-0.3, -0.25) is 19.4 Å². The van der Waals surface area contributed by atoms with Crippen molar-refractivity contribution in [1.29, 1.82) is 0 Å². The van der Waals surface area contributed by atoms with Crippen LogP contribution < -0.4 is 5.32 Å². The maximum absolute atomic E-state index is 12.5. The molecule has 1 spiro atoms. The Hall–Kier alpha value is -1.18. The van der Waals surface area contributed by atoms with E-state index in [1.54, 1.807) is 0 Å². The Morgan fingerprint density at radius 3 is 2.78 bits per heavy atom. The molecule has 1 N–H and O–H groups in total. The molecule has 0 bridgehead atoms. The fourth-order valence-electron chi connectivity index (χ4n) is 3.92. The lowest BCUT2D eigenvalue weighted by molar-refractivity contribution is -0.138. The molecule has 0 aromatic carbocycles. The topological polar surface area (TPSA) is 65.1 Å². The van der Waals surface area contributed by atoms with Crippen molar-refractivity contribution in [1.82, 2.24) is 20.0 Å². The number of hydrogen-bond donors (Lipinski definition) is 1. The second-order valence-electron chi connectivity index (χ2n) is 6.95. The van der Waals surface area contributed by atoms with Gasteiger partial charge in [0.2, 0.25) is 11.8 Å². The van der Waals surface area contributed by atoms with Crippen LogP contribution in [0.15, 0.2) is 0 Å². The van der Waals surface area contributed by atoms with Gasteiger partial charge in [-0.2, -0.15) is 0 Å². The minimum absolute atomic E-state index is 0.0166. The van der Waals surface area contributed by atoms with Crippen LogP contribution >= 0.6 is 0 Å². The highest BCUT2D eigenvalue weighted by Gasteiger charge is 2.41. The molecule has 7 nitrogen and oxygen atoms in total. The maximum Gasteiger partial charge on any atom is 0.236 e. The molecular formula is C16H28N4O3. The second-order valence-corrected chi connectivity index (χ2v) is 6.95. The number of likely N-dealkylation sites (N-methyl/N-ethyl adjacent to an activating group) is 1. The number of nitrogens with one attached hydrogen (secondary N) is 1. The van der Waals surface area contributed by atoms with Gasteiger partial charge < -0.3 is 15.0 Å². The van der Waals surface area contributed by atoms with E-state index in [1.807, 2.05) is 4.90 Å². The van der Waals surface area contributed by atoms with E-state index >= 15 is 0 Å². The number of carbonyl (C=O) groups is 2. The molecule has 3 aliphatic rings. The standard InChI is InChI=1S/C16H28N4O3/c1-18-6-7-19(12-15(22)20-8-10-23-11-9-20)13-16(18)3-2-14(21)17-5-4-16/h2-13H2,1H3,(H,17,21)/t16-/m0/s1. The summed E-state index contributed by atoms with van der Waals surface area (Å²) in [5.74, 6) is 0.354. The molecule has 3 heterocycles. The number of piperazine rings is 1. The Labute approximate surface area is 137 Å². The summed E-state index contributed by atoms with van der Waals surface area (Å²) in [7, 11) is 2.15. The van der Waals surface area contributed by atoms with Crippen molar-refractivity contribution >= 4 is 11.8 Å². The van der Waals surface area contributed by atoms with E-state index in [2.05, 4.69) is 22.2 Å². The van der Waals surface area contributed by atoms with Crippen LogP contribution in [0, 0.1) is 0 Å². The number of morpholine rings is 1. The van der Waals surface area contributed by atoms with Crippen molar-refractivity contribution in [2.45, 2.75) is 24.8 Å². The minimum atomic E-state index is 0.0166. The van der Waals surface area contributed by atoms with Crippen LogP contribution in [0.3, 0.4) is 0 Å². The third-order valence-electron chi connectivity index (χ3n) is 5.53. The lowest BCUT2D eigenvalue weighted by Gasteiger charge is -2.49. The summed E-state index contributed by atoms with van der Waals surface area (Å²) >= 11 is 0. The summed E-state index contributed by atoms with van der Waals surface area (Å²) < 4.78 is 5.31. The molecule has 0 aliphatic carbocycles. The second kappa shape index (κ2) is 7.15. The zero-order valence-corrected chi connectivity index (χ0v) is 14.1. The predicted octanol–water partition coefficient (Wildman–Crippen LogP) is -0.868. The van der Waals surface area contributed by atoms with Gasteiger partial charge in [0.05, 0.1) is 19.8 Å². The lowest BCUT2D eigenvalue weighted by atomic mass is 9.86. The first-order valence-electron chi connectivity index (χ1n) is 8.65. The van der Waals surface area contributed by atoms with E-state index in [9.17, 15) is 9.59 Å². The van der Waals surface area contributed by atoms with Crippen LogP contribution in [0.25, 0.3) is 0 Å². The summed E-state index contributed by atoms with van der Waals surface area (Å²) in [6.45, 7) is 6.64. The molecule has 0 aromatic heterocycles. The number of carbonyl (C=O) groups excluding carboxylic acids is 2. The van der Waals surface area contributed by atoms with Gasteiger partial charge in [0.25, 0.3) is 0 Å². The number of amides is 2. The van der Waals surface area contributed by atoms with Crippen molar-refractivity contribution in [3.05, 3.63) is 0 Å². The van der Waals surface area contributed by atoms with Gasteiger partial charge in [0.15, 0.2) is 0 Å². The highest BCUT2D eigenvalue weighted by Crippen LogP contribution is 2.30. The number of nitrogens with zero attached hydrogens (tertiary/aromatic N) is 3. The fraction of sp³-hybridized carbons (Fsp3) is 0.875. The Kier molecular flexibility index (Phi) is 5.18. The van der Waals surface area contributed by atoms with Gasteiger partial charge >= 0.3 is 0 Å². The average Bonchev–Trinajstić information content (AvgIpc) is 2.75. The maximum atomic E-state index is 12.5. The highest BCUT2D eigenvalue weighted by atomic mass is 16.5. The molecule has 2 amide bonds. The molecule has 130 valence electrons. The van der Waals surface area contributed by atoms with Crippen molar-refractivity contribution in [2.24, 2.45) is 0 Å². The molecule has 0 aromatic rings. The Bertz CT molecular complexity index is 453. The Balaban J connectivity index is 1.60. The van der Waals surface area contributed by atoms with Gasteiger partial charge in [-0.1, -0.05) is 0 Å².